The van der Waals surface area contributed by atoms with E-state index >= 15 is 0 Å². The average molecular weight is 977 g/mol. The number of nitrogens with zero attached hydrogens (tertiary/aromatic N) is 1. The van der Waals surface area contributed by atoms with E-state index in [4.69, 9.17) is 28.7 Å². The first-order valence-corrected chi connectivity index (χ1v) is 23.0. The van der Waals surface area contributed by atoms with Gasteiger partial charge in [-0.15, -0.1) is 0 Å². The first-order chi connectivity index (χ1) is 31.4. The molecule has 0 saturated carbocycles. The first-order valence-electron chi connectivity index (χ1n) is 21.6. The van der Waals surface area contributed by atoms with Crippen LogP contribution in [0.2, 0.25) is 0 Å². The number of rotatable bonds is 34. The number of carbonyl (C=O) groups is 10. The highest BCUT2D eigenvalue weighted by Crippen LogP contribution is 2.09. The lowest BCUT2D eigenvalue weighted by molar-refractivity contribution is -0.145. The Morgan fingerprint density at radius 3 is 1.72 bits per heavy atom. The molecule has 21 N–H and O–H groups in total. The predicted octanol–water partition coefficient (Wildman–Crippen LogP) is -6.84. The number of nitrogens with two attached hydrogens (primary N) is 5. The first kappa shape index (κ1) is 61.2. The van der Waals surface area contributed by atoms with Gasteiger partial charge in [0.15, 0.2) is 12.0 Å². The van der Waals surface area contributed by atoms with E-state index in [0.717, 1.165) is 6.92 Å². The second-order valence-corrected chi connectivity index (χ2v) is 17.0. The molecule has 0 aromatic carbocycles. The smallest absolute Gasteiger partial charge is 0.328 e. The highest BCUT2D eigenvalue weighted by molar-refractivity contribution is 7.98. The molecule has 0 aliphatic heterocycles. The van der Waals surface area contributed by atoms with E-state index in [-0.39, 0.29) is 57.1 Å². The molecule has 28 heteroatoms. The number of thioether (sulfide) groups is 1. The van der Waals surface area contributed by atoms with Gasteiger partial charge in [-0.3, -0.25) is 48.1 Å². The lowest BCUT2D eigenvalue weighted by Gasteiger charge is -2.27. The minimum absolute atomic E-state index is 0.0190. The number of aliphatic hydroxyl groups is 2. The molecule has 0 heterocycles. The Kier molecular flexibility index (Phi) is 29.9. The summed E-state index contributed by atoms with van der Waals surface area (Å²) in [6, 6.07) is -11.2. The minimum atomic E-state index is -1.74. The Hall–Kier alpha value is -5.84. The number of carbonyl (C=O) groups excluding carboxylic acids is 9. The van der Waals surface area contributed by atoms with Gasteiger partial charge in [0.05, 0.1) is 31.7 Å². The number of unbranched alkanes of at least 4 members (excludes halogenated alkanes) is 1. The largest absolute Gasteiger partial charge is 0.480 e. The molecule has 27 nitrogen and oxygen atoms in total. The van der Waals surface area contributed by atoms with Crippen LogP contribution in [0.4, 0.5) is 0 Å². The molecule has 9 amide bonds. The number of carboxylic acids is 1. The standard InChI is InChI=1S/C39H72N14O13S/c1-19(2)15-25(50-31(58)20(3)47-32(59)22(41)11-14-67-5)36(63)52-27(18-54)37(64)49-24(9-6-7-12-40)34(61)51-26(16-28(42)56)33(60)46-17-29(57)48-23(10-8-13-45-39(43)44)35(62)53-30(21(4)55)38(65)66/h19-27,30,54-55H,6-18,40-41H2,1-5H3,(H2,42,56)(H,46,60)(H,47,59)(H,48,57)(H,49,64)(H,50,58)(H,51,61)(H,52,63)(H,53,62)(H,65,66)(H4,43,44,45)/t20-,21+,22-,23-,24-,25-,26-,27-,30-/m0/s1. The van der Waals surface area contributed by atoms with Gasteiger partial charge in [-0.1, -0.05) is 13.8 Å². The number of hydrogen-bond acceptors (Lipinski definition) is 16. The molecule has 0 radical (unpaired) electrons. The highest BCUT2D eigenvalue weighted by atomic mass is 32.2. The van der Waals surface area contributed by atoms with Gasteiger partial charge < -0.3 is 86.5 Å². The Balaban J connectivity index is 6.08. The van der Waals surface area contributed by atoms with Crippen LogP contribution in [0.5, 0.6) is 0 Å². The van der Waals surface area contributed by atoms with Gasteiger partial charge in [-0.05, 0) is 83.3 Å². The van der Waals surface area contributed by atoms with E-state index in [9.17, 15) is 63.3 Å². The van der Waals surface area contributed by atoms with Crippen molar-refractivity contribution in [1.82, 2.24) is 42.5 Å². The summed E-state index contributed by atoms with van der Waals surface area (Å²) in [5, 5.41) is 48.1. The van der Waals surface area contributed by atoms with Crippen LogP contribution in [0, 0.1) is 5.92 Å². The number of primary amides is 1. The minimum Gasteiger partial charge on any atom is -0.480 e. The number of aliphatic hydroxyl groups excluding tert-OH is 2. The van der Waals surface area contributed by atoms with Crippen LogP contribution in [0.3, 0.4) is 0 Å². The van der Waals surface area contributed by atoms with Crippen molar-refractivity contribution in [3.8, 4) is 0 Å². The van der Waals surface area contributed by atoms with Gasteiger partial charge in [0, 0.05) is 6.54 Å². The molecular formula is C39H72N14O13S. The summed E-state index contributed by atoms with van der Waals surface area (Å²) in [5.74, 6) is -9.73. The number of amides is 9. The summed E-state index contributed by atoms with van der Waals surface area (Å²) in [7, 11) is 0. The summed E-state index contributed by atoms with van der Waals surface area (Å²) < 4.78 is 0. The van der Waals surface area contributed by atoms with Crippen molar-refractivity contribution in [3.05, 3.63) is 0 Å². The Morgan fingerprint density at radius 2 is 1.18 bits per heavy atom. The van der Waals surface area contributed by atoms with Crippen LogP contribution >= 0.6 is 11.8 Å². The second-order valence-electron chi connectivity index (χ2n) is 16.0. The van der Waals surface area contributed by atoms with Crippen LogP contribution in [0.1, 0.15) is 79.1 Å². The monoisotopic (exact) mass is 977 g/mol. The van der Waals surface area contributed by atoms with Crippen molar-refractivity contribution < 1.29 is 63.3 Å². The zero-order valence-corrected chi connectivity index (χ0v) is 39.4. The maximum atomic E-state index is 13.7. The lowest BCUT2D eigenvalue weighted by atomic mass is 10.0. The van der Waals surface area contributed by atoms with E-state index in [2.05, 4.69) is 47.5 Å². The molecule has 0 bridgehead atoms. The molecule has 0 aromatic rings. The van der Waals surface area contributed by atoms with Gasteiger partial charge in [0.25, 0.3) is 0 Å². The van der Waals surface area contributed by atoms with Crippen molar-refractivity contribution >= 4 is 76.9 Å². The summed E-state index contributed by atoms with van der Waals surface area (Å²) in [6.07, 6.45) is 0.513. The van der Waals surface area contributed by atoms with Gasteiger partial charge in [-0.25, -0.2) is 4.79 Å². The molecule has 0 aliphatic rings. The van der Waals surface area contributed by atoms with E-state index in [0.29, 0.717) is 18.6 Å². The van der Waals surface area contributed by atoms with Crippen LogP contribution in [0.15, 0.2) is 4.99 Å². The molecule has 0 unspecified atom stereocenters. The summed E-state index contributed by atoms with van der Waals surface area (Å²) in [5.41, 5.74) is 27.5. The fraction of sp³-hybridized carbons (Fsp3) is 0.718. The molecular weight excluding hydrogens is 905 g/mol. The maximum Gasteiger partial charge on any atom is 0.328 e. The number of hydrogen-bond donors (Lipinski definition) is 16. The third-order valence-corrected chi connectivity index (χ3v) is 10.2. The van der Waals surface area contributed by atoms with Crippen molar-refractivity contribution in [3.63, 3.8) is 0 Å². The SMILES string of the molecule is CSCC[C@H](N)C(=O)N[C@@H](C)C(=O)N[C@@H](CC(C)C)C(=O)N[C@@H](CO)C(=O)N[C@@H](CCCCN)C(=O)N[C@@H](CC(N)=O)C(=O)NCC(=O)N[C@@H](CCCN=C(N)N)C(=O)N[C@H](C(=O)O)[C@@H](C)O. The van der Waals surface area contributed by atoms with E-state index in [1.807, 2.05) is 6.26 Å². The molecule has 0 fully saturated rings. The molecule has 0 aliphatic carbocycles. The Labute approximate surface area is 393 Å². The topological polar surface area (TPSA) is 470 Å². The molecule has 0 aromatic heterocycles. The third-order valence-electron chi connectivity index (χ3n) is 9.56. The second kappa shape index (κ2) is 32.8. The number of carboxylic acid groups (broad SMARTS) is 1. The molecule has 0 rings (SSSR count). The normalized spacial score (nSPS) is 15.0. The van der Waals surface area contributed by atoms with Gasteiger partial charge in [0.1, 0.15) is 36.3 Å². The molecule has 67 heavy (non-hydrogen) atoms. The fourth-order valence-corrected chi connectivity index (χ4v) is 6.39. The van der Waals surface area contributed by atoms with Gasteiger partial charge in [0.2, 0.25) is 53.2 Å². The fourth-order valence-electron chi connectivity index (χ4n) is 5.90. The third kappa shape index (κ3) is 25.6. The zero-order valence-electron chi connectivity index (χ0n) is 38.6. The summed E-state index contributed by atoms with van der Waals surface area (Å²) in [6.45, 7) is 4.46. The van der Waals surface area contributed by atoms with Crippen LogP contribution in [-0.2, 0) is 47.9 Å². The van der Waals surface area contributed by atoms with E-state index in [1.54, 1.807) is 13.8 Å². The Bertz CT molecular complexity index is 1700. The zero-order chi connectivity index (χ0) is 51.4. The molecule has 382 valence electrons. The highest BCUT2D eigenvalue weighted by Gasteiger charge is 2.34. The number of guanidine groups is 1. The van der Waals surface area contributed by atoms with Crippen molar-refractivity contribution in [2.24, 2.45) is 39.6 Å². The van der Waals surface area contributed by atoms with Gasteiger partial charge >= 0.3 is 5.97 Å². The van der Waals surface area contributed by atoms with E-state index in [1.165, 1.54) is 18.7 Å². The number of aliphatic carboxylic acids is 1. The van der Waals surface area contributed by atoms with Crippen molar-refractivity contribution in [2.75, 3.05) is 38.2 Å². The molecule has 0 spiro atoms. The molecule has 0 saturated heterocycles. The summed E-state index contributed by atoms with van der Waals surface area (Å²) in [4.78, 5) is 133. The summed E-state index contributed by atoms with van der Waals surface area (Å²) >= 11 is 1.49. The van der Waals surface area contributed by atoms with Crippen LogP contribution < -0.4 is 71.2 Å². The van der Waals surface area contributed by atoms with E-state index < -0.39 is 133 Å². The predicted molar refractivity (Wildman–Crippen MR) is 246 cm³/mol. The van der Waals surface area contributed by atoms with Gasteiger partial charge in [-0.2, -0.15) is 11.8 Å². The van der Waals surface area contributed by atoms with Crippen LogP contribution in [0.25, 0.3) is 0 Å². The van der Waals surface area contributed by atoms with Crippen LogP contribution in [-0.4, -0.2) is 173 Å². The molecule has 9 atom stereocenters. The quantitative estimate of drug-likeness (QED) is 0.0162. The number of aliphatic imine (C=N–C) groups is 1. The Morgan fingerprint density at radius 1 is 0.642 bits per heavy atom. The van der Waals surface area contributed by atoms with Crippen molar-refractivity contribution in [2.45, 2.75) is 134 Å². The lowest BCUT2D eigenvalue weighted by Crippen LogP contribution is -2.60. The maximum absolute atomic E-state index is 13.7. The van der Waals surface area contributed by atoms with Crippen molar-refractivity contribution in [1.29, 1.82) is 0 Å². The average Bonchev–Trinajstić information content (AvgIpc) is 3.24. The number of nitrogens with one attached hydrogen (secondary N) is 8.